The summed E-state index contributed by atoms with van der Waals surface area (Å²) in [4.78, 5) is 11.6. The summed E-state index contributed by atoms with van der Waals surface area (Å²) in [6.45, 7) is 0. The Morgan fingerprint density at radius 1 is 1.48 bits per heavy atom. The maximum absolute atomic E-state index is 12.1. The Hall–Kier alpha value is -1.84. The van der Waals surface area contributed by atoms with Gasteiger partial charge in [0, 0.05) is 6.42 Å². The van der Waals surface area contributed by atoms with Crippen molar-refractivity contribution >= 4 is 27.5 Å². The van der Waals surface area contributed by atoms with Crippen molar-refractivity contribution in [2.45, 2.75) is 24.2 Å². The van der Waals surface area contributed by atoms with Gasteiger partial charge in [-0.05, 0) is 37.0 Å². The van der Waals surface area contributed by atoms with E-state index in [9.17, 15) is 13.2 Å². The summed E-state index contributed by atoms with van der Waals surface area (Å²) in [6, 6.07) is 5.55. The van der Waals surface area contributed by atoms with Gasteiger partial charge in [-0.2, -0.15) is 5.26 Å². The van der Waals surface area contributed by atoms with Crippen molar-refractivity contribution in [3.8, 4) is 6.07 Å². The van der Waals surface area contributed by atoms with E-state index in [0.717, 1.165) is 18.9 Å². The Kier molecular flexibility index (Phi) is 4.66. The molecule has 0 saturated heterocycles. The normalized spacial score (nSPS) is 17.4. The number of nitrogens with zero attached hydrogens (tertiary/aromatic N) is 1. The molecule has 7 heteroatoms. The summed E-state index contributed by atoms with van der Waals surface area (Å²) >= 11 is 5.80. The van der Waals surface area contributed by atoms with Crippen LogP contribution >= 0.6 is 11.6 Å². The first-order valence-corrected chi connectivity index (χ1v) is 8.20. The molecule has 0 unspecified atom stereocenters. The molecule has 0 fully saturated rings. The molecule has 0 heterocycles. The fourth-order valence-corrected chi connectivity index (χ4v) is 3.42. The van der Waals surface area contributed by atoms with Gasteiger partial charge in [0.2, 0.25) is 5.91 Å². The third-order valence-corrected chi connectivity index (χ3v) is 4.86. The van der Waals surface area contributed by atoms with Crippen LogP contribution in [0, 0.1) is 17.2 Å². The first kappa shape index (κ1) is 15.5. The molecule has 5 nitrogen and oxygen atoms in total. The van der Waals surface area contributed by atoms with E-state index >= 15 is 0 Å². The number of nitriles is 1. The lowest BCUT2D eigenvalue weighted by atomic mass is 10.1. The Morgan fingerprint density at radius 3 is 2.81 bits per heavy atom. The molecular formula is C14H13ClN2O3S. The number of hydrogen-bond acceptors (Lipinski definition) is 4. The lowest BCUT2D eigenvalue weighted by molar-refractivity contribution is -0.119. The van der Waals surface area contributed by atoms with Crippen molar-refractivity contribution in [1.29, 1.82) is 5.26 Å². The highest BCUT2D eigenvalue weighted by Gasteiger charge is 2.21. The minimum atomic E-state index is -3.97. The van der Waals surface area contributed by atoms with E-state index in [1.54, 1.807) is 0 Å². The highest BCUT2D eigenvalue weighted by molar-refractivity contribution is 7.90. The Labute approximate surface area is 128 Å². The maximum atomic E-state index is 12.1. The molecule has 0 bridgehead atoms. The van der Waals surface area contributed by atoms with Crippen LogP contribution < -0.4 is 4.72 Å². The second-order valence-corrected chi connectivity index (χ2v) is 6.84. The second-order valence-electron chi connectivity index (χ2n) is 4.75. The second kappa shape index (κ2) is 6.29. The molecule has 0 spiro atoms. The molecule has 1 aliphatic rings. The van der Waals surface area contributed by atoms with Gasteiger partial charge in [0.25, 0.3) is 10.0 Å². The minimum Gasteiger partial charge on any atom is -0.274 e. The number of nitrogens with one attached hydrogen (secondary N) is 1. The van der Waals surface area contributed by atoms with Gasteiger partial charge in [0.1, 0.15) is 6.07 Å². The zero-order chi connectivity index (χ0) is 15.5. The number of rotatable bonds is 4. The van der Waals surface area contributed by atoms with Gasteiger partial charge < -0.3 is 0 Å². The topological polar surface area (TPSA) is 87.0 Å². The quantitative estimate of drug-likeness (QED) is 0.861. The third kappa shape index (κ3) is 3.84. The number of allylic oxidation sites excluding steroid dienone is 2. The third-order valence-electron chi connectivity index (χ3n) is 3.18. The molecular weight excluding hydrogens is 312 g/mol. The van der Waals surface area contributed by atoms with Crippen LogP contribution in [0.5, 0.6) is 0 Å². The molecule has 1 aromatic carbocycles. The fraction of sp³-hybridized carbons (Fsp3) is 0.286. The van der Waals surface area contributed by atoms with Crippen molar-refractivity contribution < 1.29 is 13.2 Å². The summed E-state index contributed by atoms with van der Waals surface area (Å²) in [6.07, 6.45) is 5.81. The van der Waals surface area contributed by atoms with Crippen LogP contribution in [0.3, 0.4) is 0 Å². The average molecular weight is 325 g/mol. The Bertz CT molecular complexity index is 735. The van der Waals surface area contributed by atoms with E-state index in [4.69, 9.17) is 16.9 Å². The number of carbonyl (C=O) groups excluding carboxylic acids is 1. The highest BCUT2D eigenvalue weighted by Crippen LogP contribution is 2.22. The molecule has 0 aromatic heterocycles. The molecule has 1 amide bonds. The fourth-order valence-electron chi connectivity index (χ4n) is 2.11. The lowest BCUT2D eigenvalue weighted by Crippen LogP contribution is -2.31. The van der Waals surface area contributed by atoms with Crippen LogP contribution in [-0.4, -0.2) is 14.3 Å². The van der Waals surface area contributed by atoms with Gasteiger partial charge in [0.15, 0.2) is 0 Å². The smallest absolute Gasteiger partial charge is 0.264 e. The van der Waals surface area contributed by atoms with Crippen molar-refractivity contribution in [3.05, 3.63) is 40.9 Å². The molecule has 1 aliphatic carbocycles. The summed E-state index contributed by atoms with van der Waals surface area (Å²) in [5.74, 6) is -0.461. The van der Waals surface area contributed by atoms with Crippen molar-refractivity contribution in [2.75, 3.05) is 0 Å². The van der Waals surface area contributed by atoms with E-state index in [1.165, 1.54) is 12.1 Å². The predicted octanol–water partition coefficient (Wildman–Crippen LogP) is 2.37. The van der Waals surface area contributed by atoms with Crippen LogP contribution in [0.25, 0.3) is 0 Å². The van der Waals surface area contributed by atoms with Crippen LogP contribution in [0.15, 0.2) is 35.2 Å². The number of hydrogen-bond donors (Lipinski definition) is 1. The first-order chi connectivity index (χ1) is 9.92. The number of amides is 1. The zero-order valence-electron chi connectivity index (χ0n) is 11.0. The molecule has 2 rings (SSSR count). The molecule has 1 atom stereocenters. The molecule has 21 heavy (non-hydrogen) atoms. The lowest BCUT2D eigenvalue weighted by Gasteiger charge is -2.10. The molecule has 0 aliphatic heterocycles. The minimum absolute atomic E-state index is 0.0338. The number of benzene rings is 1. The first-order valence-electron chi connectivity index (χ1n) is 6.34. The largest absolute Gasteiger partial charge is 0.274 e. The molecule has 0 saturated carbocycles. The monoisotopic (exact) mass is 324 g/mol. The number of carbonyl (C=O) groups is 1. The summed E-state index contributed by atoms with van der Waals surface area (Å²) in [7, 11) is -3.97. The summed E-state index contributed by atoms with van der Waals surface area (Å²) < 4.78 is 26.2. The van der Waals surface area contributed by atoms with Gasteiger partial charge in [-0.25, -0.2) is 13.1 Å². The van der Waals surface area contributed by atoms with Crippen molar-refractivity contribution in [3.63, 3.8) is 0 Å². The molecule has 1 N–H and O–H groups in total. The van der Waals surface area contributed by atoms with Gasteiger partial charge in [-0.3, -0.25) is 4.79 Å². The number of sulfonamides is 1. The van der Waals surface area contributed by atoms with Gasteiger partial charge in [-0.15, -0.1) is 0 Å². The Balaban J connectivity index is 2.11. The summed E-state index contributed by atoms with van der Waals surface area (Å²) in [5.41, 5.74) is 0.179. The van der Waals surface area contributed by atoms with E-state index in [2.05, 4.69) is 0 Å². The Morgan fingerprint density at radius 2 is 2.24 bits per heavy atom. The van der Waals surface area contributed by atoms with E-state index in [1.807, 2.05) is 22.9 Å². The van der Waals surface area contributed by atoms with Gasteiger partial charge in [-0.1, -0.05) is 23.8 Å². The number of halogens is 1. The van der Waals surface area contributed by atoms with Crippen molar-refractivity contribution in [2.24, 2.45) is 5.92 Å². The molecule has 110 valence electrons. The van der Waals surface area contributed by atoms with Gasteiger partial charge >= 0.3 is 0 Å². The van der Waals surface area contributed by atoms with Crippen molar-refractivity contribution in [1.82, 2.24) is 4.72 Å². The SMILES string of the molecule is N#Cc1ccc(S(=O)(=O)NC(=O)C[C@H]2C=CCC2)cc1Cl. The maximum Gasteiger partial charge on any atom is 0.264 e. The van der Waals surface area contributed by atoms with Crippen LogP contribution in [0.2, 0.25) is 5.02 Å². The van der Waals surface area contributed by atoms with E-state index in [0.29, 0.717) is 0 Å². The van der Waals surface area contributed by atoms with E-state index in [-0.39, 0.29) is 27.8 Å². The van der Waals surface area contributed by atoms with Crippen LogP contribution in [0.1, 0.15) is 24.8 Å². The van der Waals surface area contributed by atoms with Crippen LogP contribution in [-0.2, 0) is 14.8 Å². The summed E-state index contributed by atoms with van der Waals surface area (Å²) in [5, 5.41) is 8.79. The molecule has 1 aromatic rings. The highest BCUT2D eigenvalue weighted by atomic mass is 35.5. The van der Waals surface area contributed by atoms with Crippen LogP contribution in [0.4, 0.5) is 0 Å². The average Bonchev–Trinajstić information content (AvgIpc) is 2.90. The van der Waals surface area contributed by atoms with E-state index < -0.39 is 15.9 Å². The molecule has 0 radical (unpaired) electrons. The standard InChI is InChI=1S/C14H13ClN2O3S/c15-13-8-12(6-5-11(13)9-16)21(19,20)17-14(18)7-10-3-1-2-4-10/h1,3,5-6,8,10H,2,4,7H2,(H,17,18)/t10-/m0/s1. The predicted molar refractivity (Wildman–Crippen MR) is 78.0 cm³/mol. The zero-order valence-corrected chi connectivity index (χ0v) is 12.6. The van der Waals surface area contributed by atoms with Gasteiger partial charge in [0.05, 0.1) is 15.5 Å².